The molecule has 0 saturated carbocycles. The van der Waals surface area contributed by atoms with E-state index in [2.05, 4.69) is 5.32 Å². The fourth-order valence-corrected chi connectivity index (χ4v) is 2.02. The van der Waals surface area contributed by atoms with Crippen LogP contribution in [-0.2, 0) is 4.79 Å². The third-order valence-electron chi connectivity index (χ3n) is 3.22. The SMILES string of the molecule is COc1cc(NC(=O)/C=C/c2ccc(OC)c(F)c2)cc(OC)c1. The normalized spacial score (nSPS) is 10.5. The molecule has 0 saturated heterocycles. The molecule has 0 unspecified atom stereocenters. The van der Waals surface area contributed by atoms with Gasteiger partial charge in [0.2, 0.25) is 5.91 Å². The van der Waals surface area contributed by atoms with Gasteiger partial charge in [0.25, 0.3) is 0 Å². The Morgan fingerprint density at radius 2 is 1.67 bits per heavy atom. The molecule has 0 bridgehead atoms. The zero-order valence-corrected chi connectivity index (χ0v) is 13.6. The van der Waals surface area contributed by atoms with E-state index < -0.39 is 5.82 Å². The van der Waals surface area contributed by atoms with Crippen LogP contribution in [0.15, 0.2) is 42.5 Å². The first kappa shape index (κ1) is 17.3. The maximum atomic E-state index is 13.6. The number of carbonyl (C=O) groups excluding carboxylic acids is 1. The first-order valence-corrected chi connectivity index (χ1v) is 7.11. The predicted octanol–water partition coefficient (Wildman–Crippen LogP) is 3.50. The lowest BCUT2D eigenvalue weighted by atomic mass is 10.2. The molecule has 0 aromatic heterocycles. The minimum atomic E-state index is -0.488. The summed E-state index contributed by atoms with van der Waals surface area (Å²) in [6.45, 7) is 0. The van der Waals surface area contributed by atoms with Crippen LogP contribution in [0.5, 0.6) is 17.2 Å². The summed E-state index contributed by atoms with van der Waals surface area (Å²) in [5.74, 6) is 0.427. The Kier molecular flexibility index (Phi) is 5.78. The number of rotatable bonds is 6. The predicted molar refractivity (Wildman–Crippen MR) is 90.2 cm³/mol. The van der Waals surface area contributed by atoms with Crippen molar-refractivity contribution in [2.24, 2.45) is 0 Å². The van der Waals surface area contributed by atoms with Crippen LogP contribution in [0.2, 0.25) is 0 Å². The van der Waals surface area contributed by atoms with Gasteiger partial charge in [0.1, 0.15) is 11.5 Å². The lowest BCUT2D eigenvalue weighted by Crippen LogP contribution is -2.08. The number of benzene rings is 2. The molecule has 24 heavy (non-hydrogen) atoms. The fourth-order valence-electron chi connectivity index (χ4n) is 2.02. The zero-order chi connectivity index (χ0) is 17.5. The molecule has 1 N–H and O–H groups in total. The van der Waals surface area contributed by atoms with Gasteiger partial charge in [-0.25, -0.2) is 4.39 Å². The maximum Gasteiger partial charge on any atom is 0.248 e. The number of anilines is 1. The Hall–Kier alpha value is -3.02. The van der Waals surface area contributed by atoms with E-state index in [1.165, 1.54) is 45.6 Å². The molecule has 0 aliphatic heterocycles. The monoisotopic (exact) mass is 331 g/mol. The van der Waals surface area contributed by atoms with Gasteiger partial charge in [-0.15, -0.1) is 0 Å². The molecule has 2 aromatic rings. The lowest BCUT2D eigenvalue weighted by molar-refractivity contribution is -0.111. The highest BCUT2D eigenvalue weighted by molar-refractivity contribution is 6.02. The number of hydrogen-bond donors (Lipinski definition) is 1. The van der Waals surface area contributed by atoms with Gasteiger partial charge in [-0.1, -0.05) is 6.07 Å². The van der Waals surface area contributed by atoms with Crippen LogP contribution in [0.1, 0.15) is 5.56 Å². The molecule has 0 heterocycles. The molecule has 0 aliphatic rings. The van der Waals surface area contributed by atoms with Gasteiger partial charge in [-0.3, -0.25) is 4.79 Å². The van der Waals surface area contributed by atoms with Crippen molar-refractivity contribution in [2.75, 3.05) is 26.6 Å². The van der Waals surface area contributed by atoms with Gasteiger partial charge in [0.05, 0.1) is 21.3 Å². The van der Waals surface area contributed by atoms with Crippen molar-refractivity contribution < 1.29 is 23.4 Å². The van der Waals surface area contributed by atoms with Crippen molar-refractivity contribution >= 4 is 17.7 Å². The smallest absolute Gasteiger partial charge is 0.248 e. The molecule has 0 aliphatic carbocycles. The van der Waals surface area contributed by atoms with E-state index in [1.807, 2.05) is 0 Å². The van der Waals surface area contributed by atoms with Crippen LogP contribution in [0.4, 0.5) is 10.1 Å². The number of amides is 1. The minimum absolute atomic E-state index is 0.153. The Balaban J connectivity index is 2.09. The van der Waals surface area contributed by atoms with Crippen LogP contribution >= 0.6 is 0 Å². The molecule has 0 fully saturated rings. The van der Waals surface area contributed by atoms with Gasteiger partial charge in [0, 0.05) is 30.0 Å². The molecule has 0 atom stereocenters. The highest BCUT2D eigenvalue weighted by Gasteiger charge is 2.05. The largest absolute Gasteiger partial charge is 0.497 e. The third-order valence-corrected chi connectivity index (χ3v) is 3.22. The third kappa shape index (κ3) is 4.49. The lowest BCUT2D eigenvalue weighted by Gasteiger charge is -2.08. The van der Waals surface area contributed by atoms with Crippen molar-refractivity contribution in [1.82, 2.24) is 0 Å². The van der Waals surface area contributed by atoms with E-state index in [9.17, 15) is 9.18 Å². The highest BCUT2D eigenvalue weighted by atomic mass is 19.1. The van der Waals surface area contributed by atoms with Crippen LogP contribution in [-0.4, -0.2) is 27.2 Å². The Morgan fingerprint density at radius 1 is 1.00 bits per heavy atom. The molecule has 126 valence electrons. The number of hydrogen-bond acceptors (Lipinski definition) is 4. The second-order valence-electron chi connectivity index (χ2n) is 4.82. The van der Waals surface area contributed by atoms with Crippen molar-refractivity contribution in [1.29, 1.82) is 0 Å². The summed E-state index contributed by atoms with van der Waals surface area (Å²) in [5, 5.41) is 2.69. The Morgan fingerprint density at radius 3 is 2.21 bits per heavy atom. The zero-order valence-electron chi connectivity index (χ0n) is 13.6. The van der Waals surface area contributed by atoms with E-state index in [0.717, 1.165) is 0 Å². The topological polar surface area (TPSA) is 56.8 Å². The van der Waals surface area contributed by atoms with Crippen molar-refractivity contribution in [3.8, 4) is 17.2 Å². The van der Waals surface area contributed by atoms with Crippen LogP contribution < -0.4 is 19.5 Å². The summed E-state index contributed by atoms with van der Waals surface area (Å²) in [7, 11) is 4.45. The number of methoxy groups -OCH3 is 3. The van der Waals surface area contributed by atoms with E-state index in [0.29, 0.717) is 22.7 Å². The van der Waals surface area contributed by atoms with E-state index in [4.69, 9.17) is 14.2 Å². The van der Waals surface area contributed by atoms with Crippen LogP contribution in [0, 0.1) is 5.82 Å². The molecule has 0 radical (unpaired) electrons. The maximum absolute atomic E-state index is 13.6. The van der Waals surface area contributed by atoms with E-state index in [-0.39, 0.29) is 11.7 Å². The van der Waals surface area contributed by atoms with Crippen LogP contribution in [0.25, 0.3) is 6.08 Å². The first-order valence-electron chi connectivity index (χ1n) is 7.11. The second-order valence-corrected chi connectivity index (χ2v) is 4.82. The number of nitrogens with one attached hydrogen (secondary N) is 1. The van der Waals surface area contributed by atoms with Gasteiger partial charge in [0.15, 0.2) is 11.6 Å². The van der Waals surface area contributed by atoms with Gasteiger partial charge in [-0.05, 0) is 23.8 Å². The van der Waals surface area contributed by atoms with E-state index in [1.54, 1.807) is 24.3 Å². The number of carbonyl (C=O) groups is 1. The highest BCUT2D eigenvalue weighted by Crippen LogP contribution is 2.25. The summed E-state index contributed by atoms with van der Waals surface area (Å²) in [4.78, 5) is 12.0. The Bertz CT molecular complexity index is 736. The quantitative estimate of drug-likeness (QED) is 0.823. The minimum Gasteiger partial charge on any atom is -0.497 e. The van der Waals surface area contributed by atoms with E-state index >= 15 is 0 Å². The summed E-state index contributed by atoms with van der Waals surface area (Å²) in [6, 6.07) is 9.48. The summed E-state index contributed by atoms with van der Waals surface area (Å²) in [5.41, 5.74) is 1.08. The molecule has 5 nitrogen and oxygen atoms in total. The molecule has 6 heteroatoms. The molecule has 2 aromatic carbocycles. The first-order chi connectivity index (χ1) is 11.5. The van der Waals surface area contributed by atoms with Crippen molar-refractivity contribution in [3.63, 3.8) is 0 Å². The van der Waals surface area contributed by atoms with Crippen LogP contribution in [0.3, 0.4) is 0 Å². The average molecular weight is 331 g/mol. The summed E-state index contributed by atoms with van der Waals surface area (Å²) in [6.07, 6.45) is 2.82. The Labute approximate surface area is 139 Å². The number of ether oxygens (including phenoxy) is 3. The molecular weight excluding hydrogens is 313 g/mol. The van der Waals surface area contributed by atoms with Gasteiger partial charge >= 0.3 is 0 Å². The molecule has 0 spiro atoms. The van der Waals surface area contributed by atoms with Gasteiger partial charge < -0.3 is 19.5 Å². The average Bonchev–Trinajstić information content (AvgIpc) is 2.59. The fraction of sp³-hybridized carbons (Fsp3) is 0.167. The van der Waals surface area contributed by atoms with Crippen molar-refractivity contribution in [2.45, 2.75) is 0 Å². The second kappa shape index (κ2) is 8.01. The summed E-state index contributed by atoms with van der Waals surface area (Å²) >= 11 is 0. The van der Waals surface area contributed by atoms with Crippen molar-refractivity contribution in [3.05, 3.63) is 53.9 Å². The van der Waals surface area contributed by atoms with Gasteiger partial charge in [-0.2, -0.15) is 0 Å². The molecule has 1 amide bonds. The standard InChI is InChI=1S/C18H18FNO4/c1-22-14-9-13(10-15(11-14)23-2)20-18(21)7-5-12-4-6-17(24-3)16(19)8-12/h4-11H,1-3H3,(H,20,21)/b7-5+. The molecular formula is C18H18FNO4. The molecule has 2 rings (SSSR count). The summed E-state index contributed by atoms with van der Waals surface area (Å²) < 4.78 is 28.7. The number of halogens is 1.